The Labute approximate surface area is 94.5 Å². The SMILES string of the molecule is CC1CC(Nc2nccnc2C#N)CCO1. The fraction of sp³-hybridized carbons (Fsp3) is 0.545. The number of ether oxygens (including phenoxy) is 1. The van der Waals surface area contributed by atoms with Crippen molar-refractivity contribution < 1.29 is 4.74 Å². The first-order valence-corrected chi connectivity index (χ1v) is 5.39. The van der Waals surface area contributed by atoms with Crippen molar-refractivity contribution in [1.82, 2.24) is 9.97 Å². The molecule has 5 nitrogen and oxygen atoms in total. The Morgan fingerprint density at radius 1 is 1.50 bits per heavy atom. The molecule has 0 aliphatic carbocycles. The Kier molecular flexibility index (Phi) is 3.32. The molecule has 0 saturated carbocycles. The van der Waals surface area contributed by atoms with Gasteiger partial charge in [0.25, 0.3) is 0 Å². The maximum absolute atomic E-state index is 8.88. The van der Waals surface area contributed by atoms with E-state index in [1.165, 1.54) is 6.20 Å². The van der Waals surface area contributed by atoms with Gasteiger partial charge >= 0.3 is 0 Å². The summed E-state index contributed by atoms with van der Waals surface area (Å²) < 4.78 is 5.46. The van der Waals surface area contributed by atoms with E-state index in [1.54, 1.807) is 6.20 Å². The predicted molar refractivity (Wildman–Crippen MR) is 58.8 cm³/mol. The maximum atomic E-state index is 8.88. The number of nitrogens with zero attached hydrogens (tertiary/aromatic N) is 3. The van der Waals surface area contributed by atoms with E-state index in [2.05, 4.69) is 22.2 Å². The number of hydrogen-bond acceptors (Lipinski definition) is 5. The molecule has 16 heavy (non-hydrogen) atoms. The summed E-state index contributed by atoms with van der Waals surface area (Å²) in [6.07, 6.45) is 5.24. The summed E-state index contributed by atoms with van der Waals surface area (Å²) in [5.74, 6) is 0.573. The molecule has 0 bridgehead atoms. The lowest BCUT2D eigenvalue weighted by Gasteiger charge is -2.28. The predicted octanol–water partition coefficient (Wildman–Crippen LogP) is 1.33. The largest absolute Gasteiger partial charge is 0.378 e. The lowest BCUT2D eigenvalue weighted by atomic mass is 10.0. The summed E-state index contributed by atoms with van der Waals surface area (Å²) >= 11 is 0. The molecule has 0 spiro atoms. The van der Waals surface area contributed by atoms with Crippen LogP contribution in [-0.2, 0) is 4.74 Å². The Morgan fingerprint density at radius 2 is 2.31 bits per heavy atom. The van der Waals surface area contributed by atoms with Crippen LogP contribution in [0.2, 0.25) is 0 Å². The lowest BCUT2D eigenvalue weighted by molar-refractivity contribution is 0.0231. The first-order chi connectivity index (χ1) is 7.79. The van der Waals surface area contributed by atoms with Crippen LogP contribution in [0.3, 0.4) is 0 Å². The molecule has 1 aromatic rings. The van der Waals surface area contributed by atoms with Crippen LogP contribution < -0.4 is 5.32 Å². The third-order valence-electron chi connectivity index (χ3n) is 2.63. The zero-order valence-corrected chi connectivity index (χ0v) is 9.18. The monoisotopic (exact) mass is 218 g/mol. The first-order valence-electron chi connectivity index (χ1n) is 5.39. The van der Waals surface area contributed by atoms with Crippen molar-refractivity contribution in [2.45, 2.75) is 31.9 Å². The fourth-order valence-electron chi connectivity index (χ4n) is 1.85. The van der Waals surface area contributed by atoms with Gasteiger partial charge in [-0.3, -0.25) is 0 Å². The van der Waals surface area contributed by atoms with E-state index in [0.29, 0.717) is 17.6 Å². The van der Waals surface area contributed by atoms with E-state index in [0.717, 1.165) is 19.4 Å². The Hall–Kier alpha value is -1.67. The van der Waals surface area contributed by atoms with Crippen LogP contribution >= 0.6 is 0 Å². The Bertz CT molecular complexity index is 401. The van der Waals surface area contributed by atoms with Crippen molar-refractivity contribution in [2.24, 2.45) is 0 Å². The molecule has 0 amide bonds. The maximum Gasteiger partial charge on any atom is 0.182 e. The summed E-state index contributed by atoms with van der Waals surface area (Å²) in [4.78, 5) is 8.10. The molecule has 2 unspecified atom stereocenters. The molecule has 2 rings (SSSR count). The van der Waals surface area contributed by atoms with E-state index < -0.39 is 0 Å². The normalized spacial score (nSPS) is 24.8. The molecular weight excluding hydrogens is 204 g/mol. The molecule has 1 aliphatic heterocycles. The second-order valence-corrected chi connectivity index (χ2v) is 3.91. The minimum absolute atomic E-state index is 0.258. The van der Waals surface area contributed by atoms with Gasteiger partial charge in [0.05, 0.1) is 6.10 Å². The minimum Gasteiger partial charge on any atom is -0.378 e. The highest BCUT2D eigenvalue weighted by Gasteiger charge is 2.20. The van der Waals surface area contributed by atoms with Crippen LogP contribution in [-0.4, -0.2) is 28.7 Å². The Balaban J connectivity index is 2.06. The van der Waals surface area contributed by atoms with Crippen LogP contribution in [0.5, 0.6) is 0 Å². The number of aromatic nitrogens is 2. The molecule has 1 saturated heterocycles. The number of anilines is 1. The lowest BCUT2D eigenvalue weighted by Crippen LogP contribution is -2.33. The number of rotatable bonds is 2. The second kappa shape index (κ2) is 4.90. The van der Waals surface area contributed by atoms with Gasteiger partial charge in [0.2, 0.25) is 0 Å². The fourth-order valence-corrected chi connectivity index (χ4v) is 1.85. The molecule has 0 aromatic carbocycles. The van der Waals surface area contributed by atoms with Crippen LogP contribution in [0.15, 0.2) is 12.4 Å². The average Bonchev–Trinajstić information content (AvgIpc) is 2.30. The van der Waals surface area contributed by atoms with Crippen LogP contribution in [0.4, 0.5) is 5.82 Å². The average molecular weight is 218 g/mol. The molecule has 2 heterocycles. The number of nitriles is 1. The van der Waals surface area contributed by atoms with E-state index >= 15 is 0 Å². The third kappa shape index (κ3) is 2.47. The minimum atomic E-state index is 0.258. The van der Waals surface area contributed by atoms with Crippen LogP contribution in [0, 0.1) is 11.3 Å². The zero-order valence-electron chi connectivity index (χ0n) is 9.18. The summed E-state index contributed by atoms with van der Waals surface area (Å²) in [7, 11) is 0. The number of nitrogens with one attached hydrogen (secondary N) is 1. The van der Waals surface area contributed by atoms with Gasteiger partial charge in [-0.1, -0.05) is 0 Å². The van der Waals surface area contributed by atoms with E-state index in [-0.39, 0.29) is 6.10 Å². The van der Waals surface area contributed by atoms with Gasteiger partial charge in [-0.2, -0.15) is 5.26 Å². The molecule has 84 valence electrons. The van der Waals surface area contributed by atoms with Gasteiger partial charge in [-0.05, 0) is 19.8 Å². The first kappa shape index (κ1) is 10.8. The van der Waals surface area contributed by atoms with Gasteiger partial charge < -0.3 is 10.1 Å². The number of hydrogen-bond donors (Lipinski definition) is 1. The third-order valence-corrected chi connectivity index (χ3v) is 2.63. The topological polar surface area (TPSA) is 70.8 Å². The van der Waals surface area contributed by atoms with Crippen molar-refractivity contribution in [2.75, 3.05) is 11.9 Å². The quantitative estimate of drug-likeness (QED) is 0.810. The van der Waals surface area contributed by atoms with Gasteiger partial charge in [-0.15, -0.1) is 0 Å². The van der Waals surface area contributed by atoms with Gasteiger partial charge in [0.15, 0.2) is 11.5 Å². The van der Waals surface area contributed by atoms with E-state index in [9.17, 15) is 0 Å². The summed E-state index contributed by atoms with van der Waals surface area (Å²) in [6, 6.07) is 2.34. The molecule has 1 aromatic heterocycles. The molecular formula is C11H14N4O. The van der Waals surface area contributed by atoms with Crippen LogP contribution in [0.25, 0.3) is 0 Å². The van der Waals surface area contributed by atoms with E-state index in [1.807, 2.05) is 6.07 Å². The molecule has 1 N–H and O–H groups in total. The molecule has 0 radical (unpaired) electrons. The molecule has 5 heteroatoms. The highest BCUT2D eigenvalue weighted by atomic mass is 16.5. The summed E-state index contributed by atoms with van der Waals surface area (Å²) in [5.41, 5.74) is 0.349. The smallest absolute Gasteiger partial charge is 0.182 e. The Morgan fingerprint density at radius 3 is 3.06 bits per heavy atom. The summed E-state index contributed by atoms with van der Waals surface area (Å²) in [5, 5.41) is 12.1. The van der Waals surface area contributed by atoms with Crippen molar-refractivity contribution in [3.8, 4) is 6.07 Å². The zero-order chi connectivity index (χ0) is 11.4. The van der Waals surface area contributed by atoms with Crippen molar-refractivity contribution >= 4 is 5.82 Å². The molecule has 2 atom stereocenters. The molecule has 1 fully saturated rings. The van der Waals surface area contributed by atoms with Crippen molar-refractivity contribution in [3.63, 3.8) is 0 Å². The van der Waals surface area contributed by atoms with E-state index in [4.69, 9.17) is 10.00 Å². The molecule has 1 aliphatic rings. The van der Waals surface area contributed by atoms with Gasteiger partial charge in [0, 0.05) is 25.0 Å². The standard InChI is InChI=1S/C11H14N4O/c1-8-6-9(2-5-16-8)15-11-10(7-12)13-3-4-14-11/h3-4,8-9H,2,5-6H2,1H3,(H,14,15). The van der Waals surface area contributed by atoms with Gasteiger partial charge in [-0.25, -0.2) is 9.97 Å². The van der Waals surface area contributed by atoms with Gasteiger partial charge in [0.1, 0.15) is 6.07 Å². The summed E-state index contributed by atoms with van der Waals surface area (Å²) in [6.45, 7) is 2.80. The van der Waals surface area contributed by atoms with Crippen LogP contribution in [0.1, 0.15) is 25.5 Å². The highest BCUT2D eigenvalue weighted by Crippen LogP contribution is 2.18. The van der Waals surface area contributed by atoms with Crippen molar-refractivity contribution in [1.29, 1.82) is 5.26 Å². The second-order valence-electron chi connectivity index (χ2n) is 3.91. The van der Waals surface area contributed by atoms with Crippen molar-refractivity contribution in [3.05, 3.63) is 18.1 Å². The highest BCUT2D eigenvalue weighted by molar-refractivity contribution is 5.47.